The first-order valence-corrected chi connectivity index (χ1v) is 12.3. The quantitative estimate of drug-likeness (QED) is 0.274. The molecule has 1 fully saturated rings. The highest BCUT2D eigenvalue weighted by molar-refractivity contribution is 7.07. The minimum Gasteiger partial charge on any atom is -0.338 e. The average molecular weight is 462 g/mol. The maximum Gasteiger partial charge on any atom is 0.210 e. The third-order valence-electron chi connectivity index (χ3n) is 6.34. The second-order valence-corrected chi connectivity index (χ2v) is 9.73. The van der Waals surface area contributed by atoms with Crippen molar-refractivity contribution in [3.8, 4) is 0 Å². The molecule has 2 aromatic heterocycles. The van der Waals surface area contributed by atoms with E-state index in [-0.39, 0.29) is 5.78 Å². The molecule has 1 aliphatic rings. The maximum absolute atomic E-state index is 12.7. The number of ketones is 1. The van der Waals surface area contributed by atoms with Crippen molar-refractivity contribution in [2.24, 2.45) is 0 Å². The third-order valence-corrected chi connectivity index (χ3v) is 7.27. The van der Waals surface area contributed by atoms with Gasteiger partial charge in [0.25, 0.3) is 0 Å². The van der Waals surface area contributed by atoms with E-state index in [1.54, 1.807) is 17.4 Å². The van der Waals surface area contributed by atoms with Crippen LogP contribution in [0.3, 0.4) is 0 Å². The van der Waals surface area contributed by atoms with Gasteiger partial charge in [-0.3, -0.25) is 9.59 Å². The Balaban J connectivity index is 1.43. The van der Waals surface area contributed by atoms with Gasteiger partial charge in [-0.2, -0.15) is 11.3 Å². The molecule has 1 amide bonds. The van der Waals surface area contributed by atoms with Gasteiger partial charge in [-0.15, -0.1) is 0 Å². The molecular weight excluding hydrogens is 430 g/mol. The van der Waals surface area contributed by atoms with Crippen LogP contribution in [0.2, 0.25) is 5.15 Å². The number of thiophene rings is 1. The van der Waals surface area contributed by atoms with Crippen molar-refractivity contribution in [1.82, 2.24) is 14.8 Å². The normalized spacial score (nSPS) is 16.3. The lowest BCUT2D eigenvalue weighted by atomic mass is 9.97. The molecule has 1 atom stereocenters. The van der Waals surface area contributed by atoms with Crippen LogP contribution in [0.25, 0.3) is 0 Å². The van der Waals surface area contributed by atoms with Crippen molar-refractivity contribution < 1.29 is 9.59 Å². The Morgan fingerprint density at radius 3 is 2.74 bits per heavy atom. The molecule has 31 heavy (non-hydrogen) atoms. The van der Waals surface area contributed by atoms with E-state index in [1.807, 2.05) is 18.7 Å². The Morgan fingerprint density at radius 1 is 1.39 bits per heavy atom. The summed E-state index contributed by atoms with van der Waals surface area (Å²) in [6, 6.07) is 4.59. The SMILES string of the molecule is Cc1cc(Cl)nc(C)c1C(=O)CCC[C@@H](C)N1CCC(N(C=O)Cc2ccsc2)CC1. The van der Waals surface area contributed by atoms with Gasteiger partial charge in [-0.25, -0.2) is 4.98 Å². The topological polar surface area (TPSA) is 53.5 Å². The van der Waals surface area contributed by atoms with Crippen LogP contribution in [0.15, 0.2) is 22.9 Å². The minimum atomic E-state index is 0.153. The molecule has 0 spiro atoms. The fraction of sp³-hybridized carbons (Fsp3) is 0.542. The van der Waals surface area contributed by atoms with E-state index >= 15 is 0 Å². The summed E-state index contributed by atoms with van der Waals surface area (Å²) in [5, 5.41) is 4.60. The smallest absolute Gasteiger partial charge is 0.210 e. The summed E-state index contributed by atoms with van der Waals surface area (Å²) in [6.45, 7) is 8.70. The van der Waals surface area contributed by atoms with Crippen molar-refractivity contribution in [3.63, 3.8) is 0 Å². The number of hydrogen-bond donors (Lipinski definition) is 0. The number of carbonyl (C=O) groups is 2. The Hall–Kier alpha value is -1.76. The Morgan fingerprint density at radius 2 is 2.13 bits per heavy atom. The number of amides is 1. The molecule has 1 saturated heterocycles. The lowest BCUT2D eigenvalue weighted by Crippen LogP contribution is -2.46. The number of rotatable bonds is 10. The van der Waals surface area contributed by atoms with Crippen molar-refractivity contribution >= 4 is 35.1 Å². The number of Topliss-reactive ketones (excluding diaryl/α,β-unsaturated/α-hetero) is 1. The first kappa shape index (κ1) is 23.9. The van der Waals surface area contributed by atoms with E-state index in [2.05, 4.69) is 33.6 Å². The predicted octanol–water partition coefficient (Wildman–Crippen LogP) is 5.28. The van der Waals surface area contributed by atoms with Gasteiger partial charge >= 0.3 is 0 Å². The van der Waals surface area contributed by atoms with Crippen molar-refractivity contribution in [3.05, 3.63) is 50.4 Å². The molecule has 3 heterocycles. The van der Waals surface area contributed by atoms with Crippen LogP contribution in [0.4, 0.5) is 0 Å². The van der Waals surface area contributed by atoms with Crippen molar-refractivity contribution in [2.45, 2.75) is 71.5 Å². The fourth-order valence-corrected chi connectivity index (χ4v) is 5.53. The summed E-state index contributed by atoms with van der Waals surface area (Å²) in [7, 11) is 0. The van der Waals surface area contributed by atoms with Crippen LogP contribution in [0.1, 0.15) is 66.2 Å². The number of aromatic nitrogens is 1. The first-order chi connectivity index (χ1) is 14.9. The van der Waals surface area contributed by atoms with Gasteiger partial charge in [-0.1, -0.05) is 11.6 Å². The van der Waals surface area contributed by atoms with Gasteiger partial charge in [0.1, 0.15) is 5.15 Å². The van der Waals surface area contributed by atoms with Crippen LogP contribution >= 0.6 is 22.9 Å². The third kappa shape index (κ3) is 6.37. The highest BCUT2D eigenvalue weighted by atomic mass is 35.5. The van der Waals surface area contributed by atoms with E-state index in [4.69, 9.17) is 11.6 Å². The van der Waals surface area contributed by atoms with Crippen LogP contribution < -0.4 is 0 Å². The van der Waals surface area contributed by atoms with Crippen LogP contribution in [0.5, 0.6) is 0 Å². The Labute approximate surface area is 194 Å². The second-order valence-electron chi connectivity index (χ2n) is 8.56. The highest BCUT2D eigenvalue weighted by Gasteiger charge is 2.26. The molecule has 0 radical (unpaired) electrons. The molecule has 0 saturated carbocycles. The van der Waals surface area contributed by atoms with Gasteiger partial charge in [0.05, 0.1) is 5.69 Å². The summed E-state index contributed by atoms with van der Waals surface area (Å²) < 4.78 is 0. The summed E-state index contributed by atoms with van der Waals surface area (Å²) in [5.41, 5.74) is 3.54. The summed E-state index contributed by atoms with van der Waals surface area (Å²) >= 11 is 7.65. The van der Waals surface area contributed by atoms with E-state index in [9.17, 15) is 9.59 Å². The predicted molar refractivity (Wildman–Crippen MR) is 127 cm³/mol. The number of nitrogens with zero attached hydrogens (tertiary/aromatic N) is 3. The van der Waals surface area contributed by atoms with Crippen LogP contribution in [-0.2, 0) is 11.3 Å². The zero-order valence-corrected chi connectivity index (χ0v) is 20.2. The lowest BCUT2D eigenvalue weighted by Gasteiger charge is -2.39. The fourth-order valence-electron chi connectivity index (χ4n) is 4.58. The molecule has 168 valence electrons. The molecule has 3 rings (SSSR count). The summed E-state index contributed by atoms with van der Waals surface area (Å²) in [5.74, 6) is 0.153. The average Bonchev–Trinajstić information content (AvgIpc) is 3.24. The molecular formula is C24H32ClN3O2S. The number of likely N-dealkylation sites (tertiary alicyclic amines) is 1. The number of hydrogen-bond acceptors (Lipinski definition) is 5. The molecule has 2 aromatic rings. The molecule has 0 unspecified atom stereocenters. The second kappa shape index (κ2) is 11.2. The van der Waals surface area contributed by atoms with Gasteiger partial charge in [0.2, 0.25) is 6.41 Å². The first-order valence-electron chi connectivity index (χ1n) is 11.0. The van der Waals surface area contributed by atoms with E-state index < -0.39 is 0 Å². The number of pyridine rings is 1. The molecule has 0 aromatic carbocycles. The summed E-state index contributed by atoms with van der Waals surface area (Å²) in [6.07, 6.45) is 5.39. The standard InChI is InChI=1S/C24H32ClN3O2S/c1-17-13-23(25)26-19(3)24(17)22(30)6-4-5-18(2)27-10-7-21(8-11-27)28(16-29)14-20-9-12-31-15-20/h9,12-13,15-16,18,21H,4-8,10-11,14H2,1-3H3/t18-/m1/s1. The molecule has 5 nitrogen and oxygen atoms in total. The van der Waals surface area contributed by atoms with Gasteiger partial charge in [0.15, 0.2) is 5.78 Å². The highest BCUT2D eigenvalue weighted by Crippen LogP contribution is 2.23. The molecule has 0 N–H and O–H groups in total. The Bertz CT molecular complexity index is 856. The molecule has 0 aliphatic carbocycles. The number of carbonyl (C=O) groups excluding carboxylic acids is 2. The maximum atomic E-state index is 12.7. The van der Waals surface area contributed by atoms with E-state index in [1.165, 1.54) is 5.56 Å². The monoisotopic (exact) mass is 461 g/mol. The number of halogens is 1. The van der Waals surface area contributed by atoms with Crippen LogP contribution in [0, 0.1) is 13.8 Å². The summed E-state index contributed by atoms with van der Waals surface area (Å²) in [4.78, 5) is 33.0. The largest absolute Gasteiger partial charge is 0.338 e. The van der Waals surface area contributed by atoms with Gasteiger partial charge < -0.3 is 9.80 Å². The van der Waals surface area contributed by atoms with Gasteiger partial charge in [0, 0.05) is 43.7 Å². The number of piperidine rings is 1. The number of aryl methyl sites for hydroxylation is 2. The molecule has 1 aliphatic heterocycles. The van der Waals surface area contributed by atoms with E-state index in [0.717, 1.165) is 56.3 Å². The zero-order chi connectivity index (χ0) is 22.4. The van der Waals surface area contributed by atoms with E-state index in [0.29, 0.717) is 35.9 Å². The Kier molecular flexibility index (Phi) is 8.64. The van der Waals surface area contributed by atoms with Gasteiger partial charge in [-0.05, 0) is 80.5 Å². The van der Waals surface area contributed by atoms with Crippen LogP contribution in [-0.4, -0.2) is 52.2 Å². The van der Waals surface area contributed by atoms with Crippen molar-refractivity contribution in [2.75, 3.05) is 13.1 Å². The molecule has 7 heteroatoms. The van der Waals surface area contributed by atoms with Crippen molar-refractivity contribution in [1.29, 1.82) is 0 Å². The molecule has 0 bridgehead atoms. The zero-order valence-electron chi connectivity index (χ0n) is 18.6. The minimum absolute atomic E-state index is 0.153. The lowest BCUT2D eigenvalue weighted by molar-refractivity contribution is -0.121.